The van der Waals surface area contributed by atoms with Gasteiger partial charge in [-0.25, -0.2) is 4.98 Å². The maximum absolute atomic E-state index is 12.8. The van der Waals surface area contributed by atoms with Crippen LogP contribution in [0, 0.1) is 0 Å². The summed E-state index contributed by atoms with van der Waals surface area (Å²) in [6.45, 7) is 3.43. The van der Waals surface area contributed by atoms with Crippen LogP contribution >= 0.6 is 0 Å². The van der Waals surface area contributed by atoms with Gasteiger partial charge in [-0.15, -0.1) is 0 Å². The van der Waals surface area contributed by atoms with E-state index in [1.165, 1.54) is 5.56 Å². The van der Waals surface area contributed by atoms with E-state index < -0.39 is 0 Å². The van der Waals surface area contributed by atoms with E-state index >= 15 is 0 Å². The fourth-order valence-corrected chi connectivity index (χ4v) is 4.41. The largest absolute Gasteiger partial charge is 0.454 e. The van der Waals surface area contributed by atoms with Crippen molar-refractivity contribution >= 4 is 5.91 Å². The first-order valence-corrected chi connectivity index (χ1v) is 10.3. The van der Waals surface area contributed by atoms with Gasteiger partial charge in [0.05, 0.1) is 32.6 Å². The molecular weight excluding hydrogens is 380 g/mol. The van der Waals surface area contributed by atoms with Crippen molar-refractivity contribution in [2.45, 2.75) is 31.2 Å². The standard InChI is InChI=1S/C23H26N4O3/c1-25(12-18-5-3-2-4-6-18)19-11-23(29-14-19)15-27(16-23)22(28)21-8-7-20(30-21)13-26-10-9-24-17-26/h2-10,17,19H,11-16H2,1H3. The summed E-state index contributed by atoms with van der Waals surface area (Å²) in [5.74, 6) is 1.06. The van der Waals surface area contributed by atoms with Gasteiger partial charge in [-0.05, 0) is 31.2 Å². The highest BCUT2D eigenvalue weighted by molar-refractivity contribution is 5.92. The Morgan fingerprint density at radius 1 is 1.23 bits per heavy atom. The van der Waals surface area contributed by atoms with Gasteiger partial charge in [-0.2, -0.15) is 0 Å². The maximum Gasteiger partial charge on any atom is 0.289 e. The zero-order valence-electron chi connectivity index (χ0n) is 17.1. The average Bonchev–Trinajstić information content (AvgIpc) is 3.48. The van der Waals surface area contributed by atoms with Gasteiger partial charge in [0.15, 0.2) is 5.76 Å². The second-order valence-corrected chi connectivity index (χ2v) is 8.41. The predicted molar refractivity (Wildman–Crippen MR) is 111 cm³/mol. The number of imidazole rings is 1. The van der Waals surface area contributed by atoms with E-state index in [9.17, 15) is 4.79 Å². The normalized spacial score (nSPS) is 20.1. The highest BCUT2D eigenvalue weighted by Crippen LogP contribution is 2.37. The van der Waals surface area contributed by atoms with E-state index in [1.807, 2.05) is 27.8 Å². The summed E-state index contributed by atoms with van der Waals surface area (Å²) in [6, 6.07) is 14.5. The molecule has 156 valence electrons. The van der Waals surface area contributed by atoms with Crippen LogP contribution in [0.15, 0.2) is 65.6 Å². The number of hydrogen-bond acceptors (Lipinski definition) is 5. The zero-order valence-corrected chi connectivity index (χ0v) is 17.1. The van der Waals surface area contributed by atoms with Crippen molar-refractivity contribution in [3.05, 3.63) is 78.3 Å². The minimum Gasteiger partial charge on any atom is -0.454 e. The van der Waals surface area contributed by atoms with E-state index in [1.54, 1.807) is 18.6 Å². The van der Waals surface area contributed by atoms with Crippen molar-refractivity contribution in [3.63, 3.8) is 0 Å². The number of amides is 1. The molecule has 2 saturated heterocycles. The molecule has 4 heterocycles. The van der Waals surface area contributed by atoms with Crippen LogP contribution in [0.5, 0.6) is 0 Å². The van der Waals surface area contributed by atoms with Gasteiger partial charge in [0.25, 0.3) is 5.91 Å². The summed E-state index contributed by atoms with van der Waals surface area (Å²) in [7, 11) is 2.15. The summed E-state index contributed by atoms with van der Waals surface area (Å²) in [5.41, 5.74) is 1.09. The summed E-state index contributed by atoms with van der Waals surface area (Å²) >= 11 is 0. The van der Waals surface area contributed by atoms with Gasteiger partial charge in [0.2, 0.25) is 0 Å². The summed E-state index contributed by atoms with van der Waals surface area (Å²) in [5, 5.41) is 0. The van der Waals surface area contributed by atoms with Crippen molar-refractivity contribution in [2.24, 2.45) is 0 Å². The topological polar surface area (TPSA) is 63.7 Å². The van der Waals surface area contributed by atoms with Crippen LogP contribution < -0.4 is 0 Å². The molecule has 0 radical (unpaired) electrons. The van der Waals surface area contributed by atoms with Crippen molar-refractivity contribution in [2.75, 3.05) is 26.7 Å². The van der Waals surface area contributed by atoms with Crippen molar-refractivity contribution < 1.29 is 13.9 Å². The van der Waals surface area contributed by atoms with E-state index in [4.69, 9.17) is 9.15 Å². The third kappa shape index (κ3) is 3.78. The third-order valence-electron chi connectivity index (χ3n) is 6.10. The molecule has 2 fully saturated rings. The number of carbonyl (C=O) groups is 1. The van der Waals surface area contributed by atoms with Crippen molar-refractivity contribution in [1.29, 1.82) is 0 Å². The molecule has 0 aliphatic carbocycles. The van der Waals surface area contributed by atoms with Crippen LogP contribution in [0.1, 0.15) is 28.3 Å². The second kappa shape index (κ2) is 7.74. The van der Waals surface area contributed by atoms with Crippen LogP contribution in [-0.4, -0.2) is 63.6 Å². The van der Waals surface area contributed by atoms with Crippen LogP contribution in [0.3, 0.4) is 0 Å². The third-order valence-corrected chi connectivity index (χ3v) is 6.10. The summed E-state index contributed by atoms with van der Waals surface area (Å²) in [6.07, 6.45) is 6.27. The highest BCUT2D eigenvalue weighted by Gasteiger charge is 2.52. The van der Waals surface area contributed by atoms with Gasteiger partial charge in [-0.3, -0.25) is 9.69 Å². The molecule has 1 unspecified atom stereocenters. The SMILES string of the molecule is CN(Cc1ccccc1)C1COC2(C1)CN(C(=O)c1ccc(Cn3ccnc3)o1)C2. The number of benzene rings is 1. The Kier molecular flexibility index (Phi) is 4.92. The Bertz CT molecular complexity index is 993. The van der Waals surface area contributed by atoms with E-state index in [2.05, 4.69) is 41.2 Å². The fourth-order valence-electron chi connectivity index (χ4n) is 4.41. The fraction of sp³-hybridized carbons (Fsp3) is 0.391. The second-order valence-electron chi connectivity index (χ2n) is 8.41. The lowest BCUT2D eigenvalue weighted by atomic mass is 9.88. The molecule has 1 aromatic carbocycles. The molecule has 0 bridgehead atoms. The number of rotatable bonds is 6. The van der Waals surface area contributed by atoms with E-state index in [0.717, 1.165) is 18.7 Å². The monoisotopic (exact) mass is 406 g/mol. The number of ether oxygens (including phenoxy) is 1. The van der Waals surface area contributed by atoms with Crippen molar-refractivity contribution in [1.82, 2.24) is 19.4 Å². The van der Waals surface area contributed by atoms with Gasteiger partial charge in [0, 0.05) is 25.0 Å². The van der Waals surface area contributed by atoms with Crippen LogP contribution in [0.4, 0.5) is 0 Å². The Morgan fingerprint density at radius 2 is 2.07 bits per heavy atom. The molecule has 2 aromatic heterocycles. The molecule has 0 saturated carbocycles. The molecule has 3 aromatic rings. The number of nitrogens with zero attached hydrogens (tertiary/aromatic N) is 4. The molecule has 2 aliphatic rings. The number of furan rings is 1. The van der Waals surface area contributed by atoms with E-state index in [-0.39, 0.29) is 11.5 Å². The van der Waals surface area contributed by atoms with Crippen molar-refractivity contribution in [3.8, 4) is 0 Å². The van der Waals surface area contributed by atoms with Crippen LogP contribution in [0.2, 0.25) is 0 Å². The molecule has 30 heavy (non-hydrogen) atoms. The Balaban J connectivity index is 1.14. The first kappa shape index (κ1) is 19.1. The average molecular weight is 406 g/mol. The molecule has 7 nitrogen and oxygen atoms in total. The Labute approximate surface area is 175 Å². The van der Waals surface area contributed by atoms with Gasteiger partial charge < -0.3 is 18.6 Å². The number of hydrogen-bond donors (Lipinski definition) is 0. The van der Waals surface area contributed by atoms with Crippen LogP contribution in [0.25, 0.3) is 0 Å². The Hall–Kier alpha value is -2.90. The number of likely N-dealkylation sites (N-methyl/N-ethyl adjacent to an activating group) is 1. The smallest absolute Gasteiger partial charge is 0.289 e. The molecule has 0 N–H and O–H groups in total. The maximum atomic E-state index is 12.8. The molecule has 7 heteroatoms. The number of likely N-dealkylation sites (tertiary alicyclic amines) is 1. The van der Waals surface area contributed by atoms with Crippen LogP contribution in [-0.2, 0) is 17.8 Å². The first-order valence-electron chi connectivity index (χ1n) is 10.3. The van der Waals surface area contributed by atoms with Gasteiger partial charge >= 0.3 is 0 Å². The minimum atomic E-state index is -0.211. The molecule has 1 amide bonds. The number of carbonyl (C=O) groups excluding carboxylic acids is 1. The van der Waals surface area contributed by atoms with Gasteiger partial charge in [-0.1, -0.05) is 30.3 Å². The number of aromatic nitrogens is 2. The molecule has 5 rings (SSSR count). The summed E-state index contributed by atoms with van der Waals surface area (Å²) < 4.78 is 13.8. The molecular formula is C23H26N4O3. The molecule has 1 atom stereocenters. The lowest BCUT2D eigenvalue weighted by molar-refractivity contribution is -0.0957. The molecule has 2 aliphatic heterocycles. The lowest BCUT2D eigenvalue weighted by Crippen LogP contribution is -2.63. The highest BCUT2D eigenvalue weighted by atomic mass is 16.5. The quantitative estimate of drug-likeness (QED) is 0.630. The molecule has 1 spiro atoms. The Morgan fingerprint density at radius 3 is 2.83 bits per heavy atom. The van der Waals surface area contributed by atoms with E-state index in [0.29, 0.717) is 38.0 Å². The zero-order chi connectivity index (χ0) is 20.6. The summed E-state index contributed by atoms with van der Waals surface area (Å²) in [4.78, 5) is 21.0. The predicted octanol–water partition coefficient (Wildman–Crippen LogP) is 2.64. The lowest BCUT2D eigenvalue weighted by Gasteiger charge is -2.46. The van der Waals surface area contributed by atoms with Gasteiger partial charge in [0.1, 0.15) is 11.4 Å². The first-order chi connectivity index (χ1) is 14.6. The minimum absolute atomic E-state index is 0.0674.